The first-order valence-corrected chi connectivity index (χ1v) is 11.5. The maximum Gasteiger partial charge on any atom is 0.254 e. The van der Waals surface area contributed by atoms with Crippen molar-refractivity contribution in [3.63, 3.8) is 0 Å². The van der Waals surface area contributed by atoms with Crippen LogP contribution in [0.25, 0.3) is 0 Å². The van der Waals surface area contributed by atoms with Gasteiger partial charge in [0.05, 0.1) is 12.7 Å². The Morgan fingerprint density at radius 2 is 1.74 bits per heavy atom. The van der Waals surface area contributed by atoms with Crippen molar-refractivity contribution in [3.8, 4) is 17.2 Å². The second-order valence-corrected chi connectivity index (χ2v) is 8.66. The van der Waals surface area contributed by atoms with Gasteiger partial charge in [0.1, 0.15) is 34.7 Å². The zero-order valence-electron chi connectivity index (χ0n) is 19.6. The molecule has 180 valence electrons. The standard InChI is InChI=1S/C27H25F2N3O3/c1-17-4-6-23-25(12-17)35-24-7-5-21(34-2)16-22(24)26(30-23)31-8-3-9-32(11-10-31)27(33)18-13-19(28)15-20(29)14-18/h4-7,12-16H,3,8-11H2,1-2H3. The quantitative estimate of drug-likeness (QED) is 0.502. The van der Waals surface area contributed by atoms with E-state index in [4.69, 9.17) is 14.5 Å². The van der Waals surface area contributed by atoms with Crippen LogP contribution in [0.1, 0.15) is 27.9 Å². The van der Waals surface area contributed by atoms with Gasteiger partial charge >= 0.3 is 0 Å². The van der Waals surface area contributed by atoms with E-state index >= 15 is 0 Å². The third kappa shape index (κ3) is 4.69. The van der Waals surface area contributed by atoms with Crippen molar-refractivity contribution in [3.05, 3.63) is 82.9 Å². The van der Waals surface area contributed by atoms with E-state index in [2.05, 4.69) is 4.90 Å². The number of hydrogen-bond donors (Lipinski definition) is 0. The third-order valence-corrected chi connectivity index (χ3v) is 6.18. The topological polar surface area (TPSA) is 54.4 Å². The van der Waals surface area contributed by atoms with Crippen molar-refractivity contribution >= 4 is 17.4 Å². The molecule has 1 fully saturated rings. The lowest BCUT2D eigenvalue weighted by Crippen LogP contribution is -2.37. The first-order valence-electron chi connectivity index (χ1n) is 11.5. The van der Waals surface area contributed by atoms with Gasteiger partial charge < -0.3 is 19.3 Å². The fraction of sp³-hybridized carbons (Fsp3) is 0.259. The lowest BCUT2D eigenvalue weighted by molar-refractivity contribution is 0.0763. The van der Waals surface area contributed by atoms with Gasteiger partial charge in [-0.25, -0.2) is 13.8 Å². The second kappa shape index (κ2) is 9.37. The van der Waals surface area contributed by atoms with Crippen LogP contribution in [-0.2, 0) is 0 Å². The number of aliphatic imine (C=N–C) groups is 1. The number of ether oxygens (including phenoxy) is 2. The Hall–Kier alpha value is -3.94. The van der Waals surface area contributed by atoms with Crippen LogP contribution in [0.3, 0.4) is 0 Å². The average Bonchev–Trinajstić information content (AvgIpc) is 3.17. The number of aryl methyl sites for hydroxylation is 1. The number of carbonyl (C=O) groups excluding carboxylic acids is 1. The van der Waals surface area contributed by atoms with E-state index in [-0.39, 0.29) is 11.5 Å². The van der Waals surface area contributed by atoms with Gasteiger partial charge in [0.15, 0.2) is 5.75 Å². The van der Waals surface area contributed by atoms with E-state index in [1.165, 1.54) is 0 Å². The molecule has 0 atom stereocenters. The number of amides is 1. The molecule has 2 heterocycles. The Morgan fingerprint density at radius 1 is 0.943 bits per heavy atom. The largest absolute Gasteiger partial charge is 0.497 e. The molecule has 0 bridgehead atoms. The highest BCUT2D eigenvalue weighted by Gasteiger charge is 2.27. The van der Waals surface area contributed by atoms with Gasteiger partial charge in [-0.2, -0.15) is 0 Å². The van der Waals surface area contributed by atoms with Crippen LogP contribution in [0.2, 0.25) is 0 Å². The predicted molar refractivity (Wildman–Crippen MR) is 129 cm³/mol. The van der Waals surface area contributed by atoms with Crippen molar-refractivity contribution in [2.75, 3.05) is 33.3 Å². The van der Waals surface area contributed by atoms with Crippen molar-refractivity contribution < 1.29 is 23.0 Å². The summed E-state index contributed by atoms with van der Waals surface area (Å²) in [7, 11) is 1.61. The summed E-state index contributed by atoms with van der Waals surface area (Å²) in [4.78, 5) is 21.7. The van der Waals surface area contributed by atoms with Crippen LogP contribution >= 0.6 is 0 Å². The number of rotatable bonds is 2. The Bertz CT molecular complexity index is 1300. The first-order chi connectivity index (χ1) is 16.9. The van der Waals surface area contributed by atoms with Crippen LogP contribution < -0.4 is 9.47 Å². The summed E-state index contributed by atoms with van der Waals surface area (Å²) in [6.45, 7) is 4.01. The Balaban J connectivity index is 1.46. The summed E-state index contributed by atoms with van der Waals surface area (Å²) in [5, 5.41) is 0. The highest BCUT2D eigenvalue weighted by atomic mass is 19.1. The minimum atomic E-state index is -0.767. The molecule has 3 aromatic carbocycles. The van der Waals surface area contributed by atoms with Crippen molar-refractivity contribution in [2.24, 2.45) is 4.99 Å². The van der Waals surface area contributed by atoms with Crippen molar-refractivity contribution in [1.82, 2.24) is 9.80 Å². The third-order valence-electron chi connectivity index (χ3n) is 6.18. The van der Waals surface area contributed by atoms with Crippen molar-refractivity contribution in [2.45, 2.75) is 13.3 Å². The van der Waals surface area contributed by atoms with Gasteiger partial charge in [0, 0.05) is 37.8 Å². The molecule has 1 saturated heterocycles. The molecular formula is C27H25F2N3O3. The van der Waals surface area contributed by atoms with E-state index in [1.54, 1.807) is 12.0 Å². The second-order valence-electron chi connectivity index (χ2n) is 8.66. The molecule has 0 aromatic heterocycles. The molecule has 5 rings (SSSR count). The highest BCUT2D eigenvalue weighted by Crippen LogP contribution is 2.40. The van der Waals surface area contributed by atoms with Gasteiger partial charge in [-0.15, -0.1) is 0 Å². The summed E-state index contributed by atoms with van der Waals surface area (Å²) >= 11 is 0. The molecular weight excluding hydrogens is 452 g/mol. The van der Waals surface area contributed by atoms with Crippen LogP contribution in [0.5, 0.6) is 17.2 Å². The fourth-order valence-corrected chi connectivity index (χ4v) is 4.42. The van der Waals surface area contributed by atoms with E-state index in [0.717, 1.165) is 35.2 Å². The number of hydrogen-bond acceptors (Lipinski definition) is 5. The Kier molecular flexibility index (Phi) is 6.11. The molecule has 6 nitrogen and oxygen atoms in total. The molecule has 2 aliphatic rings. The minimum Gasteiger partial charge on any atom is -0.497 e. The van der Waals surface area contributed by atoms with Gasteiger partial charge in [0.2, 0.25) is 0 Å². The normalized spacial score (nSPS) is 15.3. The summed E-state index contributed by atoms with van der Waals surface area (Å²) in [5.74, 6) is 0.829. The van der Waals surface area contributed by atoms with Crippen LogP contribution in [0.4, 0.5) is 14.5 Å². The van der Waals surface area contributed by atoms with E-state index in [9.17, 15) is 13.6 Å². The molecule has 0 aliphatic carbocycles. The lowest BCUT2D eigenvalue weighted by Gasteiger charge is -2.25. The van der Waals surface area contributed by atoms with E-state index in [1.807, 2.05) is 43.3 Å². The van der Waals surface area contributed by atoms with E-state index in [0.29, 0.717) is 55.5 Å². The number of methoxy groups -OCH3 is 1. The number of nitrogens with zero attached hydrogens (tertiary/aromatic N) is 3. The Morgan fingerprint density at radius 3 is 2.51 bits per heavy atom. The van der Waals surface area contributed by atoms with Gasteiger partial charge in [-0.3, -0.25) is 4.79 Å². The first kappa shape index (κ1) is 22.8. The number of benzene rings is 3. The van der Waals surface area contributed by atoms with Crippen LogP contribution in [0.15, 0.2) is 59.6 Å². The molecule has 2 aliphatic heterocycles. The number of fused-ring (bicyclic) bond motifs is 2. The van der Waals surface area contributed by atoms with Gasteiger partial charge in [-0.1, -0.05) is 6.07 Å². The number of carbonyl (C=O) groups is 1. The molecule has 3 aromatic rings. The zero-order chi connectivity index (χ0) is 24.5. The van der Waals surface area contributed by atoms with Gasteiger partial charge in [-0.05, 0) is 61.4 Å². The van der Waals surface area contributed by atoms with Crippen LogP contribution in [-0.4, -0.2) is 54.8 Å². The SMILES string of the molecule is COc1ccc2c(c1)C(N1CCCN(C(=O)c3cc(F)cc(F)c3)CC1)=Nc1ccc(C)cc1O2. The average molecular weight is 478 g/mol. The maximum atomic E-state index is 13.7. The van der Waals surface area contributed by atoms with Gasteiger partial charge in [0.25, 0.3) is 5.91 Å². The number of amidine groups is 1. The summed E-state index contributed by atoms with van der Waals surface area (Å²) < 4.78 is 39.0. The molecule has 0 spiro atoms. The maximum absolute atomic E-state index is 13.7. The van der Waals surface area contributed by atoms with Crippen molar-refractivity contribution in [1.29, 1.82) is 0 Å². The molecule has 0 unspecified atom stereocenters. The molecule has 35 heavy (non-hydrogen) atoms. The summed E-state index contributed by atoms with van der Waals surface area (Å²) in [5.41, 5.74) is 2.59. The smallest absolute Gasteiger partial charge is 0.254 e. The monoisotopic (exact) mass is 477 g/mol. The molecule has 0 saturated carbocycles. The Labute approximate surface area is 202 Å². The lowest BCUT2D eigenvalue weighted by atomic mass is 10.1. The molecule has 0 radical (unpaired) electrons. The molecule has 0 N–H and O–H groups in total. The predicted octanol–water partition coefficient (Wildman–Crippen LogP) is 5.31. The zero-order valence-corrected chi connectivity index (χ0v) is 19.6. The fourth-order valence-electron chi connectivity index (χ4n) is 4.42. The molecule has 8 heteroatoms. The molecule has 1 amide bonds. The number of halogens is 2. The summed E-state index contributed by atoms with van der Waals surface area (Å²) in [6.07, 6.45) is 0.670. The van der Waals surface area contributed by atoms with E-state index < -0.39 is 11.6 Å². The minimum absolute atomic E-state index is 0.00976. The summed E-state index contributed by atoms with van der Waals surface area (Å²) in [6, 6.07) is 14.4. The highest BCUT2D eigenvalue weighted by molar-refractivity contribution is 6.04. The van der Waals surface area contributed by atoms with Crippen LogP contribution in [0, 0.1) is 18.6 Å².